The third-order valence-electron chi connectivity index (χ3n) is 5.81. The maximum absolute atomic E-state index is 13.5. The molecule has 0 unspecified atom stereocenters. The van der Waals surface area contributed by atoms with E-state index in [1.54, 1.807) is 4.90 Å². The van der Waals surface area contributed by atoms with Gasteiger partial charge in [0, 0.05) is 36.0 Å². The maximum atomic E-state index is 13.5. The minimum atomic E-state index is -0.467. The second-order valence-electron chi connectivity index (χ2n) is 7.38. The molecule has 1 aromatic heterocycles. The third-order valence-corrected chi connectivity index (χ3v) is 5.81. The number of nitrogens with one attached hydrogen (secondary N) is 2. The first kappa shape index (κ1) is 17.2. The SMILES string of the molecule is O=C(c1cc(=O)[nH]c2cc(F)ccc12)N1CC[C@H]2NCCC[C@]2(CO)C1. The van der Waals surface area contributed by atoms with Gasteiger partial charge in [0.15, 0.2) is 0 Å². The first-order valence-electron chi connectivity index (χ1n) is 8.98. The molecule has 2 aliphatic rings. The fourth-order valence-electron chi connectivity index (χ4n) is 4.44. The van der Waals surface area contributed by atoms with E-state index in [1.165, 1.54) is 24.3 Å². The second kappa shape index (κ2) is 6.48. The molecule has 2 fully saturated rings. The Labute approximate surface area is 150 Å². The molecule has 0 aliphatic carbocycles. The predicted molar refractivity (Wildman–Crippen MR) is 95.6 cm³/mol. The number of carbonyl (C=O) groups is 1. The zero-order valence-corrected chi connectivity index (χ0v) is 14.4. The van der Waals surface area contributed by atoms with Crippen LogP contribution in [0.15, 0.2) is 29.1 Å². The zero-order valence-electron chi connectivity index (χ0n) is 14.4. The van der Waals surface area contributed by atoms with Gasteiger partial charge in [-0.2, -0.15) is 0 Å². The van der Waals surface area contributed by atoms with Crippen molar-refractivity contribution in [2.45, 2.75) is 25.3 Å². The highest BCUT2D eigenvalue weighted by Gasteiger charge is 2.45. The molecule has 1 amide bonds. The summed E-state index contributed by atoms with van der Waals surface area (Å²) in [5, 5.41) is 14.0. The van der Waals surface area contributed by atoms with Crippen LogP contribution < -0.4 is 10.9 Å². The van der Waals surface area contributed by atoms with Crippen LogP contribution in [0.3, 0.4) is 0 Å². The quantitative estimate of drug-likeness (QED) is 0.753. The van der Waals surface area contributed by atoms with E-state index in [0.717, 1.165) is 25.8 Å². The monoisotopic (exact) mass is 359 g/mol. The molecule has 7 heteroatoms. The fourth-order valence-corrected chi connectivity index (χ4v) is 4.44. The number of benzene rings is 1. The number of hydrogen-bond acceptors (Lipinski definition) is 4. The number of aromatic nitrogens is 1. The summed E-state index contributed by atoms with van der Waals surface area (Å²) in [6, 6.07) is 5.50. The number of rotatable bonds is 2. The van der Waals surface area contributed by atoms with Gasteiger partial charge in [-0.05, 0) is 44.0 Å². The average Bonchev–Trinajstić information content (AvgIpc) is 2.65. The van der Waals surface area contributed by atoms with Crippen molar-refractivity contribution in [1.82, 2.24) is 15.2 Å². The van der Waals surface area contributed by atoms with Crippen LogP contribution in [0.4, 0.5) is 4.39 Å². The van der Waals surface area contributed by atoms with Crippen LogP contribution in [0.25, 0.3) is 10.9 Å². The molecule has 4 rings (SSSR count). The molecule has 0 saturated carbocycles. The Morgan fingerprint density at radius 1 is 1.38 bits per heavy atom. The van der Waals surface area contributed by atoms with Crippen molar-refractivity contribution < 1.29 is 14.3 Å². The summed E-state index contributed by atoms with van der Waals surface area (Å²) in [6.07, 6.45) is 2.60. The number of amides is 1. The van der Waals surface area contributed by atoms with E-state index in [4.69, 9.17) is 0 Å². The number of nitrogens with zero attached hydrogens (tertiary/aromatic N) is 1. The summed E-state index contributed by atoms with van der Waals surface area (Å²) >= 11 is 0. The van der Waals surface area contributed by atoms with Crippen LogP contribution in [0.5, 0.6) is 0 Å². The number of likely N-dealkylation sites (tertiary alicyclic amines) is 1. The normalized spacial score (nSPS) is 25.9. The van der Waals surface area contributed by atoms with Gasteiger partial charge in [0.2, 0.25) is 5.56 Å². The van der Waals surface area contributed by atoms with Crippen molar-refractivity contribution in [2.24, 2.45) is 5.41 Å². The Morgan fingerprint density at radius 2 is 2.23 bits per heavy atom. The Kier molecular flexibility index (Phi) is 4.28. The van der Waals surface area contributed by atoms with Gasteiger partial charge in [0.25, 0.3) is 5.91 Å². The smallest absolute Gasteiger partial charge is 0.254 e. The fraction of sp³-hybridized carbons (Fsp3) is 0.474. The molecule has 2 atom stereocenters. The average molecular weight is 359 g/mol. The lowest BCUT2D eigenvalue weighted by Crippen LogP contribution is -2.62. The van der Waals surface area contributed by atoms with Gasteiger partial charge >= 0.3 is 0 Å². The van der Waals surface area contributed by atoms with E-state index in [1.807, 2.05) is 0 Å². The lowest BCUT2D eigenvalue weighted by atomic mass is 9.70. The molecule has 3 heterocycles. The van der Waals surface area contributed by atoms with E-state index >= 15 is 0 Å². The number of pyridine rings is 1. The first-order valence-corrected chi connectivity index (χ1v) is 8.98. The summed E-state index contributed by atoms with van der Waals surface area (Å²) in [5.74, 6) is -0.712. The molecule has 0 radical (unpaired) electrons. The number of aromatic amines is 1. The molecular formula is C19H22FN3O3. The largest absolute Gasteiger partial charge is 0.396 e. The van der Waals surface area contributed by atoms with Gasteiger partial charge in [0.05, 0.1) is 17.7 Å². The predicted octanol–water partition coefficient (Wildman–Crippen LogP) is 1.24. The summed E-state index contributed by atoms with van der Waals surface area (Å²) in [4.78, 5) is 29.4. The standard InChI is InChI=1S/C19H22FN3O3/c20-12-2-3-13-14(9-17(25)22-15(13)8-12)18(26)23-7-4-16-19(10-23,11-24)5-1-6-21-16/h2-3,8-9,16,21,24H,1,4-7,10-11H2,(H,22,25)/t16-,19-/m1/s1. The highest BCUT2D eigenvalue weighted by atomic mass is 19.1. The Morgan fingerprint density at radius 3 is 3.04 bits per heavy atom. The van der Waals surface area contributed by atoms with E-state index in [0.29, 0.717) is 24.0 Å². The zero-order chi connectivity index (χ0) is 18.3. The van der Waals surface area contributed by atoms with Crippen LogP contribution in [-0.2, 0) is 0 Å². The lowest BCUT2D eigenvalue weighted by molar-refractivity contribution is -0.0137. The van der Waals surface area contributed by atoms with Crippen molar-refractivity contribution in [2.75, 3.05) is 26.2 Å². The van der Waals surface area contributed by atoms with Gasteiger partial charge in [-0.25, -0.2) is 4.39 Å². The van der Waals surface area contributed by atoms with Crippen LogP contribution in [0.2, 0.25) is 0 Å². The van der Waals surface area contributed by atoms with Gasteiger partial charge in [-0.1, -0.05) is 0 Å². The van der Waals surface area contributed by atoms with Crippen LogP contribution >= 0.6 is 0 Å². The summed E-state index contributed by atoms with van der Waals surface area (Å²) in [5.41, 5.74) is -0.182. The van der Waals surface area contributed by atoms with E-state index in [-0.39, 0.29) is 29.5 Å². The molecule has 2 saturated heterocycles. The van der Waals surface area contributed by atoms with Crippen molar-refractivity contribution in [3.05, 3.63) is 46.0 Å². The number of carbonyl (C=O) groups excluding carboxylic acids is 1. The first-order chi connectivity index (χ1) is 12.5. The Balaban J connectivity index is 1.70. The van der Waals surface area contributed by atoms with Crippen LogP contribution in [0, 0.1) is 11.2 Å². The van der Waals surface area contributed by atoms with Crippen molar-refractivity contribution in [1.29, 1.82) is 0 Å². The van der Waals surface area contributed by atoms with Crippen LogP contribution in [0.1, 0.15) is 29.6 Å². The maximum Gasteiger partial charge on any atom is 0.254 e. The number of hydrogen-bond donors (Lipinski definition) is 3. The second-order valence-corrected chi connectivity index (χ2v) is 7.38. The molecule has 26 heavy (non-hydrogen) atoms. The van der Waals surface area contributed by atoms with Gasteiger partial charge in [-0.15, -0.1) is 0 Å². The molecule has 0 bridgehead atoms. The van der Waals surface area contributed by atoms with Crippen molar-refractivity contribution in [3.8, 4) is 0 Å². The molecule has 0 spiro atoms. The van der Waals surface area contributed by atoms with E-state index in [2.05, 4.69) is 10.3 Å². The highest BCUT2D eigenvalue weighted by molar-refractivity contribution is 6.06. The molecule has 2 aliphatic heterocycles. The molecule has 6 nitrogen and oxygen atoms in total. The molecule has 2 aromatic rings. The molecule has 138 valence electrons. The van der Waals surface area contributed by atoms with Gasteiger partial charge in [-0.3, -0.25) is 9.59 Å². The van der Waals surface area contributed by atoms with Gasteiger partial charge < -0.3 is 20.3 Å². The number of H-pyrrole nitrogens is 1. The minimum Gasteiger partial charge on any atom is -0.396 e. The summed E-state index contributed by atoms with van der Waals surface area (Å²) in [6.45, 7) is 1.98. The topological polar surface area (TPSA) is 85.4 Å². The number of aliphatic hydroxyl groups excluding tert-OH is 1. The Hall–Kier alpha value is -2.25. The highest BCUT2D eigenvalue weighted by Crippen LogP contribution is 2.37. The van der Waals surface area contributed by atoms with Crippen LogP contribution in [-0.4, -0.2) is 53.2 Å². The minimum absolute atomic E-state index is 0.0236. The molecule has 3 N–H and O–H groups in total. The summed E-state index contributed by atoms with van der Waals surface area (Å²) in [7, 11) is 0. The number of fused-ring (bicyclic) bond motifs is 2. The molecule has 1 aromatic carbocycles. The summed E-state index contributed by atoms with van der Waals surface area (Å²) < 4.78 is 13.5. The number of halogens is 1. The van der Waals surface area contributed by atoms with E-state index in [9.17, 15) is 19.1 Å². The third kappa shape index (κ3) is 2.81. The van der Waals surface area contributed by atoms with E-state index < -0.39 is 11.4 Å². The van der Waals surface area contributed by atoms with Gasteiger partial charge in [0.1, 0.15) is 5.82 Å². The number of aliphatic hydroxyl groups is 1. The number of piperidine rings is 2. The lowest BCUT2D eigenvalue weighted by Gasteiger charge is -2.50. The van der Waals surface area contributed by atoms with Crippen molar-refractivity contribution in [3.63, 3.8) is 0 Å². The van der Waals surface area contributed by atoms with Crippen molar-refractivity contribution >= 4 is 16.8 Å². The Bertz CT molecular complexity index is 913. The molecular weight excluding hydrogens is 337 g/mol.